The fraction of sp³-hybridized carbons (Fsp3) is 0.952. The second-order valence-electron chi connectivity index (χ2n) is 10.2. The van der Waals surface area contributed by atoms with Crippen molar-refractivity contribution < 1.29 is 20.1 Å². The summed E-state index contributed by atoms with van der Waals surface area (Å²) < 4.78 is 0. The van der Waals surface area contributed by atoms with Crippen molar-refractivity contribution in [1.29, 1.82) is 0 Å². The van der Waals surface area contributed by atoms with Gasteiger partial charge in [0.2, 0.25) is 0 Å². The third-order valence-electron chi connectivity index (χ3n) is 9.23. The summed E-state index contributed by atoms with van der Waals surface area (Å²) in [4.78, 5) is 13.4. The van der Waals surface area contributed by atoms with Crippen molar-refractivity contribution in [2.45, 2.75) is 89.9 Å². The molecule has 0 aromatic heterocycles. The molecule has 0 aliphatic heterocycles. The second kappa shape index (κ2) is 5.53. The molecule has 0 unspecified atom stereocenters. The lowest BCUT2D eigenvalue weighted by atomic mass is 9.44. The van der Waals surface area contributed by atoms with E-state index in [-0.39, 0.29) is 17.4 Å². The average molecular weight is 350 g/mol. The SMILES string of the molecule is C[C@H](O)[C@@]1(O)CC[C@@H]2[C@@H]3CC[C@@H]4C[C@H](O)CC[C@]4(C)[C@@H]3C(=O)C[C@@]21C. The number of ketones is 1. The van der Waals surface area contributed by atoms with Gasteiger partial charge in [0.25, 0.3) is 0 Å². The van der Waals surface area contributed by atoms with Crippen molar-refractivity contribution >= 4 is 5.78 Å². The maximum absolute atomic E-state index is 13.4. The molecule has 0 saturated heterocycles. The van der Waals surface area contributed by atoms with Crippen LogP contribution in [0.25, 0.3) is 0 Å². The van der Waals surface area contributed by atoms with Crippen molar-refractivity contribution in [3.63, 3.8) is 0 Å². The van der Waals surface area contributed by atoms with Gasteiger partial charge < -0.3 is 15.3 Å². The Morgan fingerprint density at radius 3 is 2.52 bits per heavy atom. The standard InChI is InChI=1S/C21H34O4/c1-12(22)21(25)9-7-16-15-5-4-13-10-14(23)6-8-19(13,2)18(15)17(24)11-20(16,21)3/h12-16,18,22-23,25H,4-11H2,1-3H3/t12-,13+,14+,15-,16+,18-,19-,20-,21-/m0/s1. The van der Waals surface area contributed by atoms with E-state index in [1.165, 1.54) is 0 Å². The first-order valence-electron chi connectivity index (χ1n) is 10.2. The van der Waals surface area contributed by atoms with Gasteiger partial charge in [-0.1, -0.05) is 13.8 Å². The Bertz CT molecular complexity index is 574. The quantitative estimate of drug-likeness (QED) is 0.679. The lowest BCUT2D eigenvalue weighted by Crippen LogP contribution is -2.62. The zero-order chi connectivity index (χ0) is 18.2. The Morgan fingerprint density at radius 2 is 1.84 bits per heavy atom. The minimum atomic E-state index is -1.14. The van der Waals surface area contributed by atoms with Crippen LogP contribution in [-0.2, 0) is 4.79 Å². The fourth-order valence-corrected chi connectivity index (χ4v) is 7.77. The van der Waals surface area contributed by atoms with Crippen LogP contribution in [0.15, 0.2) is 0 Å². The van der Waals surface area contributed by atoms with Crippen molar-refractivity contribution in [3.8, 4) is 0 Å². The predicted molar refractivity (Wildman–Crippen MR) is 94.8 cm³/mol. The predicted octanol–water partition coefficient (Wildman–Crippen LogP) is 2.68. The monoisotopic (exact) mass is 350 g/mol. The highest BCUT2D eigenvalue weighted by Gasteiger charge is 2.68. The van der Waals surface area contributed by atoms with Gasteiger partial charge in [0, 0.05) is 17.8 Å². The van der Waals surface area contributed by atoms with Crippen molar-refractivity contribution in [2.75, 3.05) is 0 Å². The van der Waals surface area contributed by atoms with Gasteiger partial charge >= 0.3 is 0 Å². The van der Waals surface area contributed by atoms with Crippen LogP contribution in [0.5, 0.6) is 0 Å². The Morgan fingerprint density at radius 1 is 1.12 bits per heavy atom. The summed E-state index contributed by atoms with van der Waals surface area (Å²) in [5, 5.41) is 31.6. The molecule has 142 valence electrons. The van der Waals surface area contributed by atoms with Crippen molar-refractivity contribution in [3.05, 3.63) is 0 Å². The molecule has 25 heavy (non-hydrogen) atoms. The minimum absolute atomic E-state index is 0.00605. The Hall–Kier alpha value is -0.450. The number of rotatable bonds is 1. The molecule has 4 fully saturated rings. The average Bonchev–Trinajstić information content (AvgIpc) is 2.80. The molecule has 3 N–H and O–H groups in total. The molecule has 0 bridgehead atoms. The third kappa shape index (κ3) is 2.20. The minimum Gasteiger partial charge on any atom is -0.393 e. The van der Waals surface area contributed by atoms with E-state index in [1.807, 2.05) is 6.92 Å². The van der Waals surface area contributed by atoms with Crippen LogP contribution >= 0.6 is 0 Å². The van der Waals surface area contributed by atoms with Crippen LogP contribution in [0, 0.1) is 34.5 Å². The molecule has 0 heterocycles. The highest BCUT2D eigenvalue weighted by Crippen LogP contribution is 2.67. The number of hydrogen-bond donors (Lipinski definition) is 3. The Kier molecular flexibility index (Phi) is 3.97. The first kappa shape index (κ1) is 17.9. The highest BCUT2D eigenvalue weighted by molar-refractivity contribution is 5.84. The highest BCUT2D eigenvalue weighted by atomic mass is 16.3. The summed E-state index contributed by atoms with van der Waals surface area (Å²) in [7, 11) is 0. The first-order valence-corrected chi connectivity index (χ1v) is 10.2. The van der Waals surface area contributed by atoms with Gasteiger partial charge in [0.05, 0.1) is 17.8 Å². The van der Waals surface area contributed by atoms with Crippen LogP contribution in [0.4, 0.5) is 0 Å². The third-order valence-corrected chi connectivity index (χ3v) is 9.23. The molecule has 0 aromatic rings. The van der Waals surface area contributed by atoms with E-state index < -0.39 is 17.1 Å². The molecule has 4 rings (SSSR count). The Labute approximate surface area is 151 Å². The number of aliphatic hydroxyl groups excluding tert-OH is 2. The summed E-state index contributed by atoms with van der Waals surface area (Å²) in [5.74, 6) is 1.47. The molecule has 4 saturated carbocycles. The van der Waals surface area contributed by atoms with Gasteiger partial charge in [0.1, 0.15) is 5.78 Å². The number of carbonyl (C=O) groups is 1. The summed E-state index contributed by atoms with van der Waals surface area (Å²) in [6.45, 7) is 6.01. The second-order valence-corrected chi connectivity index (χ2v) is 10.2. The van der Waals surface area contributed by atoms with E-state index in [1.54, 1.807) is 6.92 Å². The number of aliphatic hydroxyl groups is 3. The van der Waals surface area contributed by atoms with Gasteiger partial charge in [-0.3, -0.25) is 4.79 Å². The van der Waals surface area contributed by atoms with Crippen LogP contribution in [0.2, 0.25) is 0 Å². The topological polar surface area (TPSA) is 77.8 Å². The molecular formula is C21H34O4. The van der Waals surface area contributed by atoms with Crippen molar-refractivity contribution in [1.82, 2.24) is 0 Å². The van der Waals surface area contributed by atoms with Crippen molar-refractivity contribution in [2.24, 2.45) is 34.5 Å². The molecule has 4 heteroatoms. The molecule has 0 radical (unpaired) electrons. The summed E-state index contributed by atoms with van der Waals surface area (Å²) >= 11 is 0. The van der Waals surface area contributed by atoms with E-state index in [4.69, 9.17) is 0 Å². The van der Waals surface area contributed by atoms with E-state index in [0.717, 1.165) is 38.5 Å². The van der Waals surface area contributed by atoms with Crippen LogP contribution in [0.1, 0.15) is 72.1 Å². The van der Waals surface area contributed by atoms with Crippen LogP contribution in [-0.4, -0.2) is 38.9 Å². The molecule has 0 aromatic carbocycles. The van der Waals surface area contributed by atoms with E-state index in [0.29, 0.717) is 36.4 Å². The number of hydrogen-bond acceptors (Lipinski definition) is 4. The normalized spacial score (nSPS) is 56.7. The molecule has 9 atom stereocenters. The molecular weight excluding hydrogens is 316 g/mol. The first-order chi connectivity index (χ1) is 11.6. The fourth-order valence-electron chi connectivity index (χ4n) is 7.77. The molecule has 4 aliphatic carbocycles. The Balaban J connectivity index is 1.70. The van der Waals surface area contributed by atoms with Crippen LogP contribution < -0.4 is 0 Å². The smallest absolute Gasteiger partial charge is 0.137 e. The molecule has 4 nitrogen and oxygen atoms in total. The van der Waals surface area contributed by atoms with Gasteiger partial charge in [-0.2, -0.15) is 0 Å². The summed E-state index contributed by atoms with van der Waals surface area (Å²) in [6, 6.07) is 0. The molecule has 4 aliphatic rings. The summed E-state index contributed by atoms with van der Waals surface area (Å²) in [5.41, 5.74) is -1.64. The van der Waals surface area contributed by atoms with E-state index >= 15 is 0 Å². The maximum atomic E-state index is 13.4. The van der Waals surface area contributed by atoms with E-state index in [9.17, 15) is 20.1 Å². The lowest BCUT2D eigenvalue weighted by Gasteiger charge is -2.60. The van der Waals surface area contributed by atoms with Gasteiger partial charge in [0.15, 0.2) is 0 Å². The van der Waals surface area contributed by atoms with Gasteiger partial charge in [-0.15, -0.1) is 0 Å². The largest absolute Gasteiger partial charge is 0.393 e. The maximum Gasteiger partial charge on any atom is 0.137 e. The lowest BCUT2D eigenvalue weighted by molar-refractivity contribution is -0.190. The van der Waals surface area contributed by atoms with Crippen LogP contribution in [0.3, 0.4) is 0 Å². The van der Waals surface area contributed by atoms with E-state index in [2.05, 4.69) is 6.92 Å². The number of carbonyl (C=O) groups excluding carboxylic acids is 1. The summed E-state index contributed by atoms with van der Waals surface area (Å²) in [6.07, 6.45) is 5.60. The molecule has 0 amide bonds. The van der Waals surface area contributed by atoms with Gasteiger partial charge in [-0.25, -0.2) is 0 Å². The number of fused-ring (bicyclic) bond motifs is 5. The zero-order valence-electron chi connectivity index (χ0n) is 15.9. The zero-order valence-corrected chi connectivity index (χ0v) is 15.9. The number of Topliss-reactive ketones (excluding diaryl/α,β-unsaturated/α-hetero) is 1. The molecule has 0 spiro atoms. The van der Waals surface area contributed by atoms with Gasteiger partial charge in [-0.05, 0) is 75.0 Å².